The Morgan fingerprint density at radius 3 is 2.50 bits per heavy atom. The molecule has 2 aromatic rings. The van der Waals surface area contributed by atoms with Crippen LogP contribution >= 0.6 is 0 Å². The summed E-state index contributed by atoms with van der Waals surface area (Å²) in [6.45, 7) is 14.8. The van der Waals surface area contributed by atoms with Crippen LogP contribution in [0.4, 0.5) is 11.6 Å². The molecule has 2 aliphatic rings. The summed E-state index contributed by atoms with van der Waals surface area (Å²) in [5.74, 6) is 2.03. The highest BCUT2D eigenvalue weighted by molar-refractivity contribution is 6.11. The van der Waals surface area contributed by atoms with Gasteiger partial charge in [-0.2, -0.15) is 9.61 Å². The summed E-state index contributed by atoms with van der Waals surface area (Å²) in [6, 6.07) is 4.64. The number of nitrogens with zero attached hydrogens (tertiary/aromatic N) is 5. The summed E-state index contributed by atoms with van der Waals surface area (Å²) in [7, 11) is 1.82. The van der Waals surface area contributed by atoms with Crippen molar-refractivity contribution >= 4 is 23.0 Å². The molecule has 196 valence electrons. The molecule has 0 radical (unpaired) electrons. The van der Waals surface area contributed by atoms with E-state index in [4.69, 9.17) is 19.8 Å². The van der Waals surface area contributed by atoms with Crippen LogP contribution in [0.3, 0.4) is 0 Å². The number of ether oxygens (including phenoxy) is 1. The maximum Gasteiger partial charge on any atom is 0.160 e. The van der Waals surface area contributed by atoms with Gasteiger partial charge in [-0.05, 0) is 77.7 Å². The largest absolute Gasteiger partial charge is 0.381 e. The molecule has 0 spiro atoms. The Bertz CT molecular complexity index is 1120. The van der Waals surface area contributed by atoms with Gasteiger partial charge in [0.1, 0.15) is 17.3 Å². The quantitative estimate of drug-likeness (QED) is 0.381. The van der Waals surface area contributed by atoms with Gasteiger partial charge in [-0.25, -0.2) is 4.98 Å². The van der Waals surface area contributed by atoms with E-state index in [-0.39, 0.29) is 0 Å². The molecule has 4 rings (SSSR count). The highest BCUT2D eigenvalue weighted by Gasteiger charge is 2.24. The summed E-state index contributed by atoms with van der Waals surface area (Å²) in [4.78, 5) is 12.4. The average Bonchev–Trinajstić information content (AvgIpc) is 3.56. The number of hydrogen-bond donors (Lipinski definition) is 1. The Kier molecular flexibility index (Phi) is 8.83. The molecule has 1 saturated carbocycles. The molecule has 0 unspecified atom stereocenters. The Labute approximate surface area is 216 Å². The summed E-state index contributed by atoms with van der Waals surface area (Å²) >= 11 is 0. The van der Waals surface area contributed by atoms with Crippen LogP contribution in [0.15, 0.2) is 40.5 Å². The van der Waals surface area contributed by atoms with E-state index in [1.54, 1.807) is 0 Å². The van der Waals surface area contributed by atoms with Crippen LogP contribution in [0.1, 0.15) is 91.2 Å². The number of rotatable bonds is 10. The molecule has 36 heavy (non-hydrogen) atoms. The second-order valence-corrected chi connectivity index (χ2v) is 10.6. The lowest BCUT2D eigenvalue weighted by Crippen LogP contribution is -2.30. The minimum absolute atomic E-state index is 0.378. The molecule has 2 fully saturated rings. The average molecular weight is 493 g/mol. The standard InChI is InChI=1S/C29H44N6O/c1-7-8-11-21(4)22(5)30-29(20(2)3)25-18-27-32-26(34-16-9-10-17-34)19-28(35(27)33-25)31-23-12-14-24(36-6)15-13-23/h18-19,23-24,31H,2,7-17H2,1,3-6H3/b22-21-,30-29+/t23-,24-. The predicted octanol–water partition coefficient (Wildman–Crippen LogP) is 6.55. The summed E-state index contributed by atoms with van der Waals surface area (Å²) in [5.41, 5.74) is 5.79. The highest BCUT2D eigenvalue weighted by Crippen LogP contribution is 2.28. The van der Waals surface area contributed by atoms with E-state index in [0.29, 0.717) is 12.1 Å². The third-order valence-electron chi connectivity index (χ3n) is 7.65. The van der Waals surface area contributed by atoms with E-state index >= 15 is 0 Å². The van der Waals surface area contributed by atoms with E-state index in [1.165, 1.54) is 31.3 Å². The predicted molar refractivity (Wildman–Crippen MR) is 150 cm³/mol. The van der Waals surface area contributed by atoms with Crippen molar-refractivity contribution in [2.45, 2.75) is 97.6 Å². The van der Waals surface area contributed by atoms with Crippen LogP contribution in [-0.2, 0) is 4.74 Å². The fraction of sp³-hybridized carbons (Fsp3) is 0.621. The van der Waals surface area contributed by atoms with Crippen molar-refractivity contribution in [3.63, 3.8) is 0 Å². The topological polar surface area (TPSA) is 67.0 Å². The van der Waals surface area contributed by atoms with Gasteiger partial charge in [0.25, 0.3) is 0 Å². The number of aromatic nitrogens is 3. The lowest BCUT2D eigenvalue weighted by Gasteiger charge is -2.29. The Hall–Kier alpha value is -2.67. The molecule has 1 saturated heterocycles. The van der Waals surface area contributed by atoms with Gasteiger partial charge in [-0.15, -0.1) is 0 Å². The fourth-order valence-electron chi connectivity index (χ4n) is 5.20. The van der Waals surface area contributed by atoms with E-state index in [9.17, 15) is 0 Å². The van der Waals surface area contributed by atoms with Crippen LogP contribution < -0.4 is 10.2 Å². The second-order valence-electron chi connectivity index (χ2n) is 10.6. The first kappa shape index (κ1) is 26.4. The molecule has 1 N–H and O–H groups in total. The molecule has 0 amide bonds. The van der Waals surface area contributed by atoms with Crippen LogP contribution in [-0.4, -0.2) is 52.7 Å². The van der Waals surface area contributed by atoms with E-state index in [0.717, 1.165) is 85.2 Å². The molecule has 0 aromatic carbocycles. The van der Waals surface area contributed by atoms with Crippen molar-refractivity contribution in [1.82, 2.24) is 14.6 Å². The monoisotopic (exact) mass is 492 g/mol. The number of aliphatic imine (C=N–C) groups is 1. The number of methoxy groups -OCH3 is 1. The lowest BCUT2D eigenvalue weighted by molar-refractivity contribution is 0.0681. The molecule has 1 aliphatic carbocycles. The maximum absolute atomic E-state index is 5.58. The number of unbranched alkanes of at least 4 members (excludes halogenated alkanes) is 1. The lowest BCUT2D eigenvalue weighted by atomic mass is 9.93. The Morgan fingerprint density at radius 2 is 1.86 bits per heavy atom. The van der Waals surface area contributed by atoms with Crippen LogP contribution in [0.25, 0.3) is 5.65 Å². The number of fused-ring (bicyclic) bond motifs is 1. The zero-order valence-electron chi connectivity index (χ0n) is 22.9. The first-order chi connectivity index (χ1) is 17.4. The number of hydrogen-bond acceptors (Lipinski definition) is 6. The van der Waals surface area contributed by atoms with Crippen molar-refractivity contribution in [3.05, 3.63) is 41.2 Å². The number of anilines is 2. The van der Waals surface area contributed by atoms with Gasteiger partial charge in [0, 0.05) is 44.1 Å². The van der Waals surface area contributed by atoms with Gasteiger partial charge < -0.3 is 15.0 Å². The smallest absolute Gasteiger partial charge is 0.160 e. The minimum Gasteiger partial charge on any atom is -0.381 e. The molecule has 0 bridgehead atoms. The summed E-state index contributed by atoms with van der Waals surface area (Å²) in [6.07, 6.45) is 10.6. The van der Waals surface area contributed by atoms with E-state index in [1.807, 2.05) is 18.5 Å². The van der Waals surface area contributed by atoms with Gasteiger partial charge >= 0.3 is 0 Å². The molecule has 0 atom stereocenters. The van der Waals surface area contributed by atoms with Crippen molar-refractivity contribution in [2.75, 3.05) is 30.4 Å². The third-order valence-corrected chi connectivity index (χ3v) is 7.65. The first-order valence-corrected chi connectivity index (χ1v) is 13.8. The normalized spacial score (nSPS) is 21.7. The molecular formula is C29H44N6O. The highest BCUT2D eigenvalue weighted by atomic mass is 16.5. The molecule has 7 heteroatoms. The third kappa shape index (κ3) is 6.17. The van der Waals surface area contributed by atoms with Gasteiger partial charge in [0.2, 0.25) is 0 Å². The van der Waals surface area contributed by atoms with Crippen LogP contribution in [0.5, 0.6) is 0 Å². The Morgan fingerprint density at radius 1 is 1.14 bits per heavy atom. The zero-order valence-corrected chi connectivity index (χ0v) is 22.9. The van der Waals surface area contributed by atoms with E-state index in [2.05, 4.69) is 49.7 Å². The fourth-order valence-corrected chi connectivity index (χ4v) is 5.20. The second kappa shape index (κ2) is 12.0. The maximum atomic E-state index is 5.58. The molecule has 7 nitrogen and oxygen atoms in total. The van der Waals surface area contributed by atoms with Crippen molar-refractivity contribution < 1.29 is 4.74 Å². The van der Waals surface area contributed by atoms with Crippen LogP contribution in [0, 0.1) is 0 Å². The van der Waals surface area contributed by atoms with Crippen molar-refractivity contribution in [2.24, 2.45) is 4.99 Å². The summed E-state index contributed by atoms with van der Waals surface area (Å²) in [5, 5.41) is 8.81. The number of allylic oxidation sites excluding steroid dienone is 3. The minimum atomic E-state index is 0.378. The number of nitrogens with one attached hydrogen (secondary N) is 1. The zero-order chi connectivity index (χ0) is 25.7. The molecule has 3 heterocycles. The summed E-state index contributed by atoms with van der Waals surface area (Å²) < 4.78 is 7.54. The van der Waals surface area contributed by atoms with Gasteiger partial charge in [0.15, 0.2) is 5.65 Å². The van der Waals surface area contributed by atoms with Gasteiger partial charge in [-0.1, -0.05) is 25.5 Å². The van der Waals surface area contributed by atoms with Crippen molar-refractivity contribution in [1.29, 1.82) is 0 Å². The molecular weight excluding hydrogens is 448 g/mol. The van der Waals surface area contributed by atoms with Crippen molar-refractivity contribution in [3.8, 4) is 0 Å². The van der Waals surface area contributed by atoms with Crippen LogP contribution in [0.2, 0.25) is 0 Å². The van der Waals surface area contributed by atoms with Gasteiger partial charge in [0.05, 0.1) is 11.8 Å². The SMILES string of the molecule is C=C(C)/C(=N\C(C)=C(\C)CCCC)c1cc2nc(N3CCCC3)cc(N[C@H]3CC[C@H](OC)CC3)n2n1. The molecule has 1 aliphatic heterocycles. The van der Waals surface area contributed by atoms with E-state index < -0.39 is 0 Å². The Balaban J connectivity index is 1.71. The molecule has 2 aromatic heterocycles. The first-order valence-electron chi connectivity index (χ1n) is 13.8. The van der Waals surface area contributed by atoms with Gasteiger partial charge in [-0.3, -0.25) is 4.99 Å².